The Balaban J connectivity index is 3.06. The molecule has 0 bridgehead atoms. The van der Waals surface area contributed by atoms with Crippen molar-refractivity contribution in [2.24, 2.45) is 0 Å². The highest BCUT2D eigenvalue weighted by Gasteiger charge is 2.24. The van der Waals surface area contributed by atoms with E-state index < -0.39 is 10.4 Å². The zero-order chi connectivity index (χ0) is 10.9. The summed E-state index contributed by atoms with van der Waals surface area (Å²) in [4.78, 5) is 13.8. The molecule has 14 heavy (non-hydrogen) atoms. The van der Waals surface area contributed by atoms with Gasteiger partial charge in [-0.3, -0.25) is 0 Å². The Hall–Kier alpha value is -1.37. The van der Waals surface area contributed by atoms with Crippen LogP contribution >= 0.6 is 0 Å². The Morgan fingerprint density at radius 2 is 2.43 bits per heavy atom. The molecule has 1 heterocycles. The molecule has 0 saturated heterocycles. The molecular weight excluding hydrogens is 185 g/mol. The number of hydrogen-bond donors (Lipinski definition) is 1. The summed E-state index contributed by atoms with van der Waals surface area (Å²) >= 11 is 0. The molecule has 0 spiro atoms. The van der Waals surface area contributed by atoms with Gasteiger partial charge in [0.2, 0.25) is 0 Å². The average Bonchev–Trinajstić information content (AvgIpc) is 2.29. The van der Waals surface area contributed by atoms with Gasteiger partial charge in [-0.05, 0) is 11.8 Å². The zero-order valence-corrected chi connectivity index (χ0v) is 7.97. The summed E-state index contributed by atoms with van der Waals surface area (Å²) < 4.78 is 1.26. The first-order valence-corrected chi connectivity index (χ1v) is 3.99. The van der Waals surface area contributed by atoms with E-state index in [1.807, 2.05) is 0 Å². The number of aliphatic hydroxyl groups is 1. The lowest BCUT2D eigenvalue weighted by Crippen LogP contribution is -2.31. The smallest absolute Gasteiger partial charge is 0.342 e. The number of imidazole rings is 1. The van der Waals surface area contributed by atoms with Gasteiger partial charge in [0.15, 0.2) is 5.82 Å². The van der Waals surface area contributed by atoms with Crippen molar-refractivity contribution in [3.05, 3.63) is 22.1 Å². The van der Waals surface area contributed by atoms with E-state index in [4.69, 9.17) is 7.85 Å². The molecular formula is C7H10BN3O3. The number of nitrogens with zero attached hydrogens (tertiary/aromatic N) is 3. The Labute approximate surface area is 82.1 Å². The molecule has 0 aromatic carbocycles. The maximum absolute atomic E-state index is 10.5. The van der Waals surface area contributed by atoms with Gasteiger partial charge in [-0.25, -0.2) is 9.55 Å². The van der Waals surface area contributed by atoms with Gasteiger partial charge < -0.3 is 15.2 Å². The molecule has 1 aromatic heterocycles. The number of aryl methyl sites for hydroxylation is 1. The fourth-order valence-corrected chi connectivity index (χ4v) is 1.12. The van der Waals surface area contributed by atoms with Crippen molar-refractivity contribution < 1.29 is 10.0 Å². The highest BCUT2D eigenvalue weighted by Crippen LogP contribution is 2.16. The third kappa shape index (κ3) is 2.32. The van der Waals surface area contributed by atoms with Crippen LogP contribution in [0.5, 0.6) is 0 Å². The Morgan fingerprint density at radius 1 is 1.86 bits per heavy atom. The molecule has 7 heteroatoms. The number of aromatic nitrogens is 2. The van der Waals surface area contributed by atoms with E-state index in [0.717, 1.165) is 6.20 Å². The second kappa shape index (κ2) is 3.41. The molecule has 0 aliphatic heterocycles. The van der Waals surface area contributed by atoms with Crippen LogP contribution in [0.3, 0.4) is 0 Å². The van der Waals surface area contributed by atoms with Crippen LogP contribution in [0.25, 0.3) is 0 Å². The molecule has 1 atom stereocenters. The van der Waals surface area contributed by atoms with Gasteiger partial charge in [-0.1, -0.05) is 0 Å². The van der Waals surface area contributed by atoms with Gasteiger partial charge in [0.1, 0.15) is 20.6 Å². The summed E-state index contributed by atoms with van der Waals surface area (Å²) in [6.07, 6.45) is 1.14. The third-order valence-electron chi connectivity index (χ3n) is 1.70. The van der Waals surface area contributed by atoms with Gasteiger partial charge in [-0.2, -0.15) is 0 Å². The van der Waals surface area contributed by atoms with Gasteiger partial charge in [0.05, 0.1) is 5.50 Å². The minimum absolute atomic E-state index is 0.0604. The van der Waals surface area contributed by atoms with Gasteiger partial charge in [0, 0.05) is 6.92 Å². The van der Waals surface area contributed by atoms with E-state index in [2.05, 4.69) is 4.98 Å². The predicted molar refractivity (Wildman–Crippen MR) is 50.0 cm³/mol. The predicted octanol–water partition coefficient (Wildman–Crippen LogP) is -0.0233. The Morgan fingerprint density at radius 3 is 2.86 bits per heavy atom. The van der Waals surface area contributed by atoms with E-state index in [1.54, 1.807) is 6.92 Å². The second-order valence-corrected chi connectivity index (χ2v) is 3.36. The molecule has 74 valence electrons. The average molecular weight is 195 g/mol. The molecule has 1 N–H and O–H groups in total. The number of nitro groups is 1. The van der Waals surface area contributed by atoms with Crippen molar-refractivity contribution >= 4 is 13.7 Å². The van der Waals surface area contributed by atoms with Crippen molar-refractivity contribution in [2.45, 2.75) is 25.9 Å². The van der Waals surface area contributed by atoms with Crippen LogP contribution in [0.2, 0.25) is 0 Å². The minimum Gasteiger partial charge on any atom is -0.396 e. The van der Waals surface area contributed by atoms with Crippen molar-refractivity contribution in [1.29, 1.82) is 0 Å². The summed E-state index contributed by atoms with van der Waals surface area (Å²) in [7, 11) is 5.35. The summed E-state index contributed by atoms with van der Waals surface area (Å²) in [5, 5.41) is 19.9. The summed E-state index contributed by atoms with van der Waals surface area (Å²) in [5.41, 5.74) is -1.49. The molecule has 0 amide bonds. The van der Waals surface area contributed by atoms with Gasteiger partial charge in [0.25, 0.3) is 0 Å². The van der Waals surface area contributed by atoms with Crippen LogP contribution in [-0.4, -0.2) is 32.9 Å². The number of rotatable bonds is 3. The van der Waals surface area contributed by atoms with Crippen LogP contribution in [0.1, 0.15) is 12.7 Å². The van der Waals surface area contributed by atoms with Crippen molar-refractivity contribution in [3.8, 4) is 0 Å². The molecule has 1 unspecified atom stereocenters. The molecule has 0 aliphatic carbocycles. The maximum atomic E-state index is 10.5. The molecule has 1 rings (SSSR count). The quantitative estimate of drug-likeness (QED) is 0.417. The first-order chi connectivity index (χ1) is 6.31. The second-order valence-electron chi connectivity index (χ2n) is 3.36. The molecule has 0 aliphatic rings. The highest BCUT2D eigenvalue weighted by atomic mass is 16.6. The normalized spacial score (nSPS) is 15.1. The standard InChI is InChI=1S/C7H10BN3O3/c1-5-9-3-6(11(13)14)10(5)4-7(2,8)12/h3,12H,4H2,1-2H3. The molecule has 0 saturated carbocycles. The summed E-state index contributed by atoms with van der Waals surface area (Å²) in [6.45, 7) is 2.92. The zero-order valence-electron chi connectivity index (χ0n) is 7.97. The van der Waals surface area contributed by atoms with E-state index in [9.17, 15) is 15.2 Å². The van der Waals surface area contributed by atoms with Crippen LogP contribution in [0.15, 0.2) is 6.20 Å². The molecule has 6 nitrogen and oxygen atoms in total. The summed E-state index contributed by atoms with van der Waals surface area (Å²) in [6, 6.07) is 0. The SMILES string of the molecule is [B]C(C)(O)Cn1c([N+](=O)[O-])cnc1C. The summed E-state index contributed by atoms with van der Waals surface area (Å²) in [5.74, 6) is 0.274. The third-order valence-corrected chi connectivity index (χ3v) is 1.70. The Bertz CT molecular complexity index is 356. The number of hydrogen-bond acceptors (Lipinski definition) is 4. The minimum atomic E-state index is -1.49. The topological polar surface area (TPSA) is 81.2 Å². The molecule has 1 aromatic rings. The van der Waals surface area contributed by atoms with E-state index >= 15 is 0 Å². The lowest BCUT2D eigenvalue weighted by molar-refractivity contribution is -0.392. The highest BCUT2D eigenvalue weighted by molar-refractivity contribution is 6.13. The van der Waals surface area contributed by atoms with E-state index in [-0.39, 0.29) is 12.4 Å². The molecule has 0 fully saturated rings. The lowest BCUT2D eigenvalue weighted by atomic mass is 9.84. The first-order valence-electron chi connectivity index (χ1n) is 3.99. The fourth-order valence-electron chi connectivity index (χ4n) is 1.12. The molecule has 2 radical (unpaired) electrons. The van der Waals surface area contributed by atoms with Crippen molar-refractivity contribution in [2.75, 3.05) is 0 Å². The largest absolute Gasteiger partial charge is 0.396 e. The van der Waals surface area contributed by atoms with E-state index in [0.29, 0.717) is 5.82 Å². The van der Waals surface area contributed by atoms with Crippen LogP contribution in [0, 0.1) is 17.0 Å². The first kappa shape index (κ1) is 10.7. The lowest BCUT2D eigenvalue weighted by Gasteiger charge is -2.16. The van der Waals surface area contributed by atoms with Crippen LogP contribution in [-0.2, 0) is 6.54 Å². The van der Waals surface area contributed by atoms with E-state index in [1.165, 1.54) is 11.5 Å². The van der Waals surface area contributed by atoms with Crippen molar-refractivity contribution in [1.82, 2.24) is 9.55 Å². The van der Waals surface area contributed by atoms with Crippen molar-refractivity contribution in [3.63, 3.8) is 0 Å². The monoisotopic (exact) mass is 195 g/mol. The van der Waals surface area contributed by atoms with Crippen LogP contribution in [0.4, 0.5) is 5.82 Å². The maximum Gasteiger partial charge on any atom is 0.342 e. The Kier molecular flexibility index (Phi) is 2.61. The fraction of sp³-hybridized carbons (Fsp3) is 0.571. The van der Waals surface area contributed by atoms with Gasteiger partial charge >= 0.3 is 5.82 Å². The van der Waals surface area contributed by atoms with Crippen LogP contribution < -0.4 is 0 Å². The van der Waals surface area contributed by atoms with Gasteiger partial charge in [-0.15, -0.1) is 0 Å².